The lowest BCUT2D eigenvalue weighted by Crippen LogP contribution is -2.20. The van der Waals surface area contributed by atoms with E-state index in [0.717, 1.165) is 19.2 Å². The Morgan fingerprint density at radius 2 is 1.39 bits per heavy atom. The third-order valence-electron chi connectivity index (χ3n) is 2.07. The van der Waals surface area contributed by atoms with E-state index in [1.807, 2.05) is 38.0 Å². The second-order valence-electron chi connectivity index (χ2n) is 4.89. The highest BCUT2D eigenvalue weighted by atomic mass is 35.5. The normalized spacial score (nSPS) is 9.09. The average molecular weight is 351 g/mol. The van der Waals surface area contributed by atoms with Crippen LogP contribution in [-0.4, -0.2) is 82.6 Å². The first-order valence-electron chi connectivity index (χ1n) is 6.99. The van der Waals surface area contributed by atoms with E-state index in [1.165, 1.54) is 6.38 Å². The van der Waals surface area contributed by atoms with Crippen molar-refractivity contribution in [3.63, 3.8) is 0 Å². The molecule has 0 saturated carbocycles. The molecule has 0 N–H and O–H groups in total. The third kappa shape index (κ3) is 25.9. The van der Waals surface area contributed by atoms with Crippen LogP contribution in [0.2, 0.25) is 0 Å². The van der Waals surface area contributed by atoms with Crippen LogP contribution in [0.15, 0.2) is 24.8 Å². The van der Waals surface area contributed by atoms with Gasteiger partial charge in [-0.25, -0.2) is 9.59 Å². The molecule has 136 valence electrons. The number of hydrogen-bond donors (Lipinski definition) is 0. The summed E-state index contributed by atoms with van der Waals surface area (Å²) in [4.78, 5) is 25.1. The molecule has 7 heteroatoms. The number of halogens is 1. The molecule has 0 amide bonds. The Balaban J connectivity index is -0.000000315. The summed E-state index contributed by atoms with van der Waals surface area (Å²) in [5, 5.41) is 0. The molecule has 0 atom stereocenters. The molecule has 6 nitrogen and oxygen atoms in total. The van der Waals surface area contributed by atoms with Crippen LogP contribution in [0.3, 0.4) is 0 Å². The van der Waals surface area contributed by atoms with Crippen molar-refractivity contribution in [3.8, 4) is 0 Å². The van der Waals surface area contributed by atoms with E-state index in [0.29, 0.717) is 18.8 Å². The number of ether oxygens (including phenoxy) is 2. The molecule has 0 aromatic heterocycles. The van der Waals surface area contributed by atoms with Crippen molar-refractivity contribution in [2.45, 2.75) is 6.92 Å². The first kappa shape index (κ1) is 26.5. The van der Waals surface area contributed by atoms with Crippen molar-refractivity contribution in [3.05, 3.63) is 24.8 Å². The summed E-state index contributed by atoms with van der Waals surface area (Å²) >= 11 is 4.64. The van der Waals surface area contributed by atoms with Gasteiger partial charge in [-0.2, -0.15) is 0 Å². The fraction of sp³-hybridized carbons (Fsp3) is 0.625. The summed E-state index contributed by atoms with van der Waals surface area (Å²) < 4.78 is 9.54. The second kappa shape index (κ2) is 18.7. The first-order chi connectivity index (χ1) is 10.7. The molecule has 0 fully saturated rings. The fourth-order valence-corrected chi connectivity index (χ4v) is 0.832. The monoisotopic (exact) mass is 350 g/mol. The number of likely N-dealkylation sites (N-methyl/N-ethyl adjacent to an activating group) is 2. The van der Waals surface area contributed by atoms with E-state index in [9.17, 15) is 9.59 Å². The van der Waals surface area contributed by atoms with Gasteiger partial charge < -0.3 is 19.3 Å². The number of nitrogens with zero attached hydrogens (tertiary/aromatic N) is 2. The van der Waals surface area contributed by atoms with Crippen LogP contribution in [0.4, 0.5) is 0 Å². The van der Waals surface area contributed by atoms with Crippen molar-refractivity contribution in [1.82, 2.24) is 9.80 Å². The lowest BCUT2D eigenvalue weighted by molar-refractivity contribution is -0.139. The van der Waals surface area contributed by atoms with Crippen LogP contribution in [0, 0.1) is 0 Å². The maximum absolute atomic E-state index is 10.8. The van der Waals surface area contributed by atoms with Gasteiger partial charge in [0.05, 0.1) is 0 Å². The lowest BCUT2D eigenvalue weighted by Gasteiger charge is -2.09. The van der Waals surface area contributed by atoms with Crippen molar-refractivity contribution >= 4 is 23.5 Å². The Morgan fingerprint density at radius 1 is 1.00 bits per heavy atom. The zero-order chi connectivity index (χ0) is 18.8. The van der Waals surface area contributed by atoms with E-state index in [2.05, 4.69) is 24.8 Å². The average Bonchev–Trinajstić information content (AvgIpc) is 2.48. The molecular weight excluding hydrogens is 320 g/mol. The van der Waals surface area contributed by atoms with Gasteiger partial charge in [0.2, 0.25) is 0 Å². The summed E-state index contributed by atoms with van der Waals surface area (Å²) in [6, 6.07) is 0. The van der Waals surface area contributed by atoms with Crippen molar-refractivity contribution < 1.29 is 19.1 Å². The molecule has 0 aromatic rings. The highest BCUT2D eigenvalue weighted by Crippen LogP contribution is 1.91. The zero-order valence-corrected chi connectivity index (χ0v) is 16.0. The van der Waals surface area contributed by atoms with E-state index < -0.39 is 0 Å². The standard InChI is InChI=1S/C8H15NO2.C7H13NO2.CH3Cl/c1-7(2)8(10)11-6-5-9(3)4;1-4-7(9)10-6-5-8(2)3;1-2/h1,5-6H2,2-4H3;4H,1,5-6H2,2-3H3;1H3. The number of esters is 2. The molecule has 0 rings (SSSR count). The fourth-order valence-electron chi connectivity index (χ4n) is 0.832. The van der Waals surface area contributed by atoms with Gasteiger partial charge in [0.15, 0.2) is 0 Å². The number of alkyl halides is 1. The Hall–Kier alpha value is -1.37. The molecular formula is C16H31ClN2O4. The number of hydrogen-bond acceptors (Lipinski definition) is 6. The molecule has 0 unspecified atom stereocenters. The van der Waals surface area contributed by atoms with Gasteiger partial charge in [0, 0.05) is 31.1 Å². The van der Waals surface area contributed by atoms with Gasteiger partial charge in [-0.15, -0.1) is 11.6 Å². The van der Waals surface area contributed by atoms with E-state index in [1.54, 1.807) is 6.92 Å². The largest absolute Gasteiger partial charge is 0.461 e. The van der Waals surface area contributed by atoms with Crippen LogP contribution in [0.1, 0.15) is 6.92 Å². The van der Waals surface area contributed by atoms with Gasteiger partial charge in [-0.05, 0) is 35.1 Å². The van der Waals surface area contributed by atoms with Crippen LogP contribution in [0.5, 0.6) is 0 Å². The smallest absolute Gasteiger partial charge is 0.333 e. The molecule has 0 saturated heterocycles. The second-order valence-corrected chi connectivity index (χ2v) is 4.89. The predicted octanol–water partition coefficient (Wildman–Crippen LogP) is 1.80. The Bertz CT molecular complexity index is 345. The summed E-state index contributed by atoms with van der Waals surface area (Å²) in [5.74, 6) is -0.672. The lowest BCUT2D eigenvalue weighted by atomic mass is 10.4. The van der Waals surface area contributed by atoms with Gasteiger partial charge in [0.1, 0.15) is 13.2 Å². The van der Waals surface area contributed by atoms with Gasteiger partial charge >= 0.3 is 11.9 Å². The molecule has 0 aliphatic heterocycles. The van der Waals surface area contributed by atoms with Crippen LogP contribution in [-0.2, 0) is 19.1 Å². The topological polar surface area (TPSA) is 59.1 Å². The highest BCUT2D eigenvalue weighted by molar-refractivity contribution is 6.15. The van der Waals surface area contributed by atoms with Gasteiger partial charge in [-0.3, -0.25) is 0 Å². The quantitative estimate of drug-likeness (QED) is 0.378. The first-order valence-corrected chi connectivity index (χ1v) is 7.75. The maximum atomic E-state index is 10.8. The summed E-state index contributed by atoms with van der Waals surface area (Å²) in [6.07, 6.45) is 2.63. The third-order valence-corrected chi connectivity index (χ3v) is 2.07. The minimum atomic E-state index is -0.359. The highest BCUT2D eigenvalue weighted by Gasteiger charge is 2.01. The number of carbonyl (C=O) groups is 2. The van der Waals surface area contributed by atoms with E-state index >= 15 is 0 Å². The Kier molecular flexibility index (Phi) is 21.5. The SMILES string of the molecule is C=C(C)C(=O)OCCN(C)C.C=CC(=O)OCCN(C)C.CCl. The number of rotatable bonds is 8. The van der Waals surface area contributed by atoms with Crippen molar-refractivity contribution in [2.24, 2.45) is 0 Å². The molecule has 0 aromatic carbocycles. The molecule has 0 aliphatic rings. The van der Waals surface area contributed by atoms with Gasteiger partial charge in [-0.1, -0.05) is 13.2 Å². The van der Waals surface area contributed by atoms with Crippen molar-refractivity contribution in [1.29, 1.82) is 0 Å². The molecule has 0 heterocycles. The molecule has 0 aliphatic carbocycles. The maximum Gasteiger partial charge on any atom is 0.333 e. The molecule has 0 bridgehead atoms. The van der Waals surface area contributed by atoms with Crippen LogP contribution >= 0.6 is 11.6 Å². The van der Waals surface area contributed by atoms with Crippen LogP contribution in [0.25, 0.3) is 0 Å². The van der Waals surface area contributed by atoms with E-state index in [-0.39, 0.29) is 11.9 Å². The van der Waals surface area contributed by atoms with E-state index in [4.69, 9.17) is 9.47 Å². The predicted molar refractivity (Wildman–Crippen MR) is 95.8 cm³/mol. The van der Waals surface area contributed by atoms with Crippen molar-refractivity contribution in [2.75, 3.05) is 60.9 Å². The molecule has 0 spiro atoms. The number of carbonyl (C=O) groups excluding carboxylic acids is 2. The molecule has 0 radical (unpaired) electrons. The summed E-state index contributed by atoms with van der Waals surface area (Å²) in [5.41, 5.74) is 0.448. The Morgan fingerprint density at radius 3 is 1.70 bits per heavy atom. The van der Waals surface area contributed by atoms with Gasteiger partial charge in [0.25, 0.3) is 0 Å². The Labute approximate surface area is 145 Å². The summed E-state index contributed by atoms with van der Waals surface area (Å²) in [6.45, 7) is 10.7. The summed E-state index contributed by atoms with van der Waals surface area (Å²) in [7, 11) is 7.69. The molecule has 23 heavy (non-hydrogen) atoms. The minimum absolute atomic E-state index is 0.313. The zero-order valence-electron chi connectivity index (χ0n) is 15.2. The van der Waals surface area contributed by atoms with Crippen LogP contribution < -0.4 is 0 Å². The minimum Gasteiger partial charge on any atom is -0.461 e.